The summed E-state index contributed by atoms with van der Waals surface area (Å²) >= 11 is 0. The predicted molar refractivity (Wildman–Crippen MR) is 154 cm³/mol. The van der Waals surface area contributed by atoms with Gasteiger partial charge in [0.25, 0.3) is 0 Å². The molecule has 220 valence electrons. The van der Waals surface area contributed by atoms with E-state index < -0.39 is 29.8 Å². The van der Waals surface area contributed by atoms with Crippen molar-refractivity contribution in [1.82, 2.24) is 4.90 Å². The lowest BCUT2D eigenvalue weighted by Crippen LogP contribution is -2.35. The molecule has 3 aromatic carbocycles. The first kappa shape index (κ1) is 29.1. The summed E-state index contributed by atoms with van der Waals surface area (Å²) < 4.78 is 25.6. The molecule has 42 heavy (non-hydrogen) atoms. The molecule has 1 fully saturated rings. The number of nitrogens with one attached hydrogen (secondary N) is 1. The van der Waals surface area contributed by atoms with Gasteiger partial charge >= 0.3 is 5.97 Å². The zero-order chi connectivity index (χ0) is 30.0. The Bertz CT molecular complexity index is 1480. The third-order valence-corrected chi connectivity index (χ3v) is 8.05. The van der Waals surface area contributed by atoms with E-state index in [1.54, 1.807) is 30.3 Å². The molecule has 2 aliphatic heterocycles. The van der Waals surface area contributed by atoms with E-state index in [1.807, 2.05) is 30.9 Å². The van der Waals surface area contributed by atoms with Crippen molar-refractivity contribution in [3.63, 3.8) is 0 Å². The van der Waals surface area contributed by atoms with Crippen LogP contribution in [0.4, 0.5) is 10.1 Å². The van der Waals surface area contributed by atoms with Crippen LogP contribution in [-0.2, 0) is 22.4 Å². The largest absolute Gasteiger partial charge is 0.486 e. The second kappa shape index (κ2) is 12.2. The molecule has 0 bridgehead atoms. The number of hydrogen-bond acceptors (Lipinski definition) is 6. The minimum Gasteiger partial charge on any atom is -0.486 e. The molecule has 0 aromatic heterocycles. The molecular formula is C32H34FN3O6. The Balaban J connectivity index is 1.50. The third-order valence-electron chi connectivity index (χ3n) is 8.05. The summed E-state index contributed by atoms with van der Waals surface area (Å²) in [4.78, 5) is 39.9. The van der Waals surface area contributed by atoms with E-state index in [0.29, 0.717) is 65.5 Å². The number of likely N-dealkylation sites (tertiary alicyclic amines) is 1. The lowest BCUT2D eigenvalue weighted by Gasteiger charge is -2.27. The molecule has 3 atom stereocenters. The minimum atomic E-state index is -1.01. The average Bonchev–Trinajstić information content (AvgIpc) is 3.36. The van der Waals surface area contributed by atoms with Crippen LogP contribution in [-0.4, -0.2) is 54.1 Å². The predicted octanol–water partition coefficient (Wildman–Crippen LogP) is 4.30. The van der Waals surface area contributed by atoms with Crippen LogP contribution in [0.3, 0.4) is 0 Å². The Morgan fingerprint density at radius 1 is 0.952 bits per heavy atom. The van der Waals surface area contributed by atoms with Crippen LogP contribution in [0.5, 0.6) is 11.5 Å². The van der Waals surface area contributed by atoms with Gasteiger partial charge in [0.2, 0.25) is 11.8 Å². The molecule has 3 aromatic rings. The van der Waals surface area contributed by atoms with E-state index in [-0.39, 0.29) is 24.8 Å². The van der Waals surface area contributed by atoms with Crippen LogP contribution >= 0.6 is 0 Å². The molecule has 4 N–H and O–H groups in total. The first-order chi connectivity index (χ1) is 20.2. The molecule has 10 heteroatoms. The van der Waals surface area contributed by atoms with Crippen LogP contribution in [0.2, 0.25) is 0 Å². The highest BCUT2D eigenvalue weighted by Gasteiger charge is 2.48. The monoisotopic (exact) mass is 575 g/mol. The maximum atomic E-state index is 14.2. The number of carbonyl (C=O) groups is 3. The summed E-state index contributed by atoms with van der Waals surface area (Å²) in [7, 11) is 0. The molecule has 5 rings (SSSR count). The number of primary amides is 1. The Labute approximate surface area is 243 Å². The van der Waals surface area contributed by atoms with Crippen molar-refractivity contribution in [2.75, 3.05) is 31.6 Å². The number of halogens is 1. The molecule has 0 spiro atoms. The van der Waals surface area contributed by atoms with Crippen LogP contribution in [0.1, 0.15) is 58.4 Å². The number of anilines is 1. The van der Waals surface area contributed by atoms with E-state index in [4.69, 9.17) is 15.2 Å². The number of nitrogens with two attached hydrogens (primary N) is 1. The minimum absolute atomic E-state index is 0.100. The number of carboxylic acids is 1. The van der Waals surface area contributed by atoms with Crippen molar-refractivity contribution >= 4 is 23.5 Å². The van der Waals surface area contributed by atoms with Gasteiger partial charge in [-0.05, 0) is 71.5 Å². The number of benzene rings is 3. The summed E-state index contributed by atoms with van der Waals surface area (Å²) in [5, 5.41) is 13.5. The zero-order valence-electron chi connectivity index (χ0n) is 23.6. The fourth-order valence-corrected chi connectivity index (χ4v) is 6.07. The number of carboxylic acid groups (broad SMARTS) is 1. The molecule has 2 amide bonds. The number of aliphatic carboxylic acids is 1. The lowest BCUT2D eigenvalue weighted by molar-refractivity contribution is -0.143. The van der Waals surface area contributed by atoms with Gasteiger partial charge in [0.05, 0.1) is 12.5 Å². The van der Waals surface area contributed by atoms with Crippen LogP contribution in [0.15, 0.2) is 54.6 Å². The quantitative estimate of drug-likeness (QED) is 0.347. The van der Waals surface area contributed by atoms with Crippen molar-refractivity contribution in [3.8, 4) is 11.5 Å². The Kier molecular flexibility index (Phi) is 8.44. The number of fused-ring (bicyclic) bond motifs is 1. The highest BCUT2D eigenvalue weighted by molar-refractivity contribution is 5.94. The van der Waals surface area contributed by atoms with Crippen molar-refractivity contribution in [2.24, 2.45) is 11.7 Å². The molecule has 1 unspecified atom stereocenters. The highest BCUT2D eigenvalue weighted by Crippen LogP contribution is 2.47. The highest BCUT2D eigenvalue weighted by atomic mass is 19.1. The summed E-state index contributed by atoms with van der Waals surface area (Å²) in [6.45, 7) is 4.80. The van der Waals surface area contributed by atoms with E-state index in [1.165, 1.54) is 12.1 Å². The smallest absolute Gasteiger partial charge is 0.309 e. The van der Waals surface area contributed by atoms with Gasteiger partial charge in [-0.15, -0.1) is 0 Å². The van der Waals surface area contributed by atoms with Crippen LogP contribution in [0.25, 0.3) is 0 Å². The van der Waals surface area contributed by atoms with Crippen molar-refractivity contribution in [2.45, 2.75) is 38.6 Å². The van der Waals surface area contributed by atoms with Crippen molar-refractivity contribution < 1.29 is 33.4 Å². The fourth-order valence-electron chi connectivity index (χ4n) is 6.07. The SMILES string of the molecule is CCc1cc(F)cc(CC)c1NC(=O)CN1C[C@H](c2ccc3c(c2)OCCO3)C(C(=O)O)[C@@H]1c1ccc(C(N)=O)cc1. The van der Waals surface area contributed by atoms with Gasteiger partial charge in [-0.2, -0.15) is 0 Å². The lowest BCUT2D eigenvalue weighted by atomic mass is 9.82. The van der Waals surface area contributed by atoms with Gasteiger partial charge in [0.15, 0.2) is 11.5 Å². The molecular weight excluding hydrogens is 541 g/mol. The standard InChI is InChI=1S/C32H34FN3O6/c1-3-18-13-23(33)14-19(4-2)29(18)35-27(37)17-36-16-24(22-9-10-25-26(15-22)42-12-11-41-25)28(32(39)40)30(36)20-5-7-21(8-6-20)31(34)38/h5-10,13-15,24,28,30H,3-4,11-12,16-17H2,1-2H3,(H2,34,38)(H,35,37)(H,39,40)/t24-,28?,30+/m1/s1. The molecule has 0 aliphatic carbocycles. The summed E-state index contributed by atoms with van der Waals surface area (Å²) in [5.41, 5.74) is 9.10. The Hall–Kier alpha value is -4.44. The topological polar surface area (TPSA) is 131 Å². The number of hydrogen-bond donors (Lipinski definition) is 3. The maximum absolute atomic E-state index is 14.2. The van der Waals surface area contributed by atoms with Gasteiger partial charge in [-0.25, -0.2) is 4.39 Å². The van der Waals surface area contributed by atoms with E-state index in [9.17, 15) is 23.9 Å². The van der Waals surface area contributed by atoms with Crippen molar-refractivity contribution in [1.29, 1.82) is 0 Å². The number of amides is 2. The van der Waals surface area contributed by atoms with Gasteiger partial charge in [-0.1, -0.05) is 32.0 Å². The van der Waals surface area contributed by atoms with Crippen molar-refractivity contribution in [3.05, 3.63) is 88.2 Å². The Morgan fingerprint density at radius 3 is 2.17 bits per heavy atom. The molecule has 1 saturated heterocycles. The third kappa shape index (κ3) is 5.80. The molecule has 2 aliphatic rings. The molecule has 9 nitrogen and oxygen atoms in total. The first-order valence-corrected chi connectivity index (χ1v) is 14.1. The second-order valence-electron chi connectivity index (χ2n) is 10.6. The number of rotatable bonds is 9. The van der Waals surface area contributed by atoms with Crippen LogP contribution < -0.4 is 20.5 Å². The van der Waals surface area contributed by atoms with Gasteiger partial charge in [0, 0.05) is 29.8 Å². The van der Waals surface area contributed by atoms with E-state index in [0.717, 1.165) is 5.56 Å². The number of aryl methyl sites for hydroxylation is 2. The maximum Gasteiger partial charge on any atom is 0.309 e. The van der Waals surface area contributed by atoms with E-state index >= 15 is 0 Å². The first-order valence-electron chi connectivity index (χ1n) is 14.1. The van der Waals surface area contributed by atoms with Crippen LogP contribution in [0, 0.1) is 11.7 Å². The molecule has 2 heterocycles. The van der Waals surface area contributed by atoms with Gasteiger partial charge in [0.1, 0.15) is 19.0 Å². The van der Waals surface area contributed by atoms with Gasteiger partial charge in [-0.3, -0.25) is 19.3 Å². The fraction of sp³-hybridized carbons (Fsp3) is 0.344. The summed E-state index contributed by atoms with van der Waals surface area (Å²) in [6, 6.07) is 14.1. The second-order valence-corrected chi connectivity index (χ2v) is 10.6. The zero-order valence-corrected chi connectivity index (χ0v) is 23.6. The Morgan fingerprint density at radius 2 is 1.57 bits per heavy atom. The van der Waals surface area contributed by atoms with Gasteiger partial charge < -0.3 is 25.6 Å². The molecule has 0 radical (unpaired) electrons. The summed E-state index contributed by atoms with van der Waals surface area (Å²) in [6.07, 6.45) is 1.07. The normalized spacial score (nSPS) is 19.8. The summed E-state index contributed by atoms with van der Waals surface area (Å²) in [5.74, 6) is -2.53. The number of ether oxygens (including phenoxy) is 2. The number of carbonyl (C=O) groups excluding carboxylic acids is 2. The van der Waals surface area contributed by atoms with E-state index in [2.05, 4.69) is 5.32 Å². The average molecular weight is 576 g/mol. The molecule has 0 saturated carbocycles. The number of nitrogens with zero attached hydrogens (tertiary/aromatic N) is 1.